The molecule has 1 saturated heterocycles. The summed E-state index contributed by atoms with van der Waals surface area (Å²) in [4.78, 5) is 19.1. The molecule has 0 atom stereocenters. The molecule has 1 aliphatic rings. The van der Waals surface area contributed by atoms with E-state index in [0.29, 0.717) is 19.8 Å². The van der Waals surface area contributed by atoms with Gasteiger partial charge in [0.15, 0.2) is 0 Å². The standard InChI is InChI=1S/C20H26N4O2/c1-16-7-8-19(23-15-16)21-9-4-10-22-20(25)17-5-2-3-6-18(17)24-11-13-26-14-12-24/h2-3,5-8,15H,4,9-14H2,1H3,(H,21,23)(H,22,25). The van der Waals surface area contributed by atoms with Crippen molar-refractivity contribution in [2.45, 2.75) is 13.3 Å². The zero-order valence-corrected chi connectivity index (χ0v) is 15.2. The second kappa shape index (κ2) is 9.20. The summed E-state index contributed by atoms with van der Waals surface area (Å²) < 4.78 is 5.40. The highest BCUT2D eigenvalue weighted by Crippen LogP contribution is 2.21. The molecule has 138 valence electrons. The molecule has 3 rings (SSSR count). The van der Waals surface area contributed by atoms with E-state index in [4.69, 9.17) is 4.74 Å². The Morgan fingerprint density at radius 2 is 1.96 bits per heavy atom. The van der Waals surface area contributed by atoms with E-state index >= 15 is 0 Å². The number of carbonyl (C=O) groups excluding carboxylic acids is 1. The van der Waals surface area contributed by atoms with E-state index in [1.54, 1.807) is 0 Å². The minimum Gasteiger partial charge on any atom is -0.378 e. The molecule has 0 bridgehead atoms. The summed E-state index contributed by atoms with van der Waals surface area (Å²) >= 11 is 0. The summed E-state index contributed by atoms with van der Waals surface area (Å²) in [6.45, 7) is 6.44. The molecular weight excluding hydrogens is 328 g/mol. The number of carbonyl (C=O) groups is 1. The number of aryl methyl sites for hydroxylation is 1. The smallest absolute Gasteiger partial charge is 0.253 e. The van der Waals surface area contributed by atoms with E-state index < -0.39 is 0 Å². The highest BCUT2D eigenvalue weighted by Gasteiger charge is 2.17. The Bertz CT molecular complexity index is 712. The number of aromatic nitrogens is 1. The summed E-state index contributed by atoms with van der Waals surface area (Å²) in [6, 6.07) is 11.8. The van der Waals surface area contributed by atoms with Crippen LogP contribution >= 0.6 is 0 Å². The maximum atomic E-state index is 12.6. The monoisotopic (exact) mass is 354 g/mol. The first-order chi connectivity index (χ1) is 12.7. The number of ether oxygens (including phenoxy) is 1. The van der Waals surface area contributed by atoms with E-state index in [1.165, 1.54) is 0 Å². The maximum Gasteiger partial charge on any atom is 0.253 e. The van der Waals surface area contributed by atoms with E-state index in [-0.39, 0.29) is 5.91 Å². The lowest BCUT2D eigenvalue weighted by molar-refractivity contribution is 0.0952. The molecule has 0 spiro atoms. The minimum absolute atomic E-state index is 0.0273. The molecule has 1 fully saturated rings. The average molecular weight is 354 g/mol. The number of nitrogens with one attached hydrogen (secondary N) is 2. The molecule has 0 aliphatic carbocycles. The van der Waals surface area contributed by atoms with Crippen LogP contribution in [0.25, 0.3) is 0 Å². The fourth-order valence-electron chi connectivity index (χ4n) is 2.92. The number of benzene rings is 1. The summed E-state index contributed by atoms with van der Waals surface area (Å²) in [5, 5.41) is 6.28. The number of amides is 1. The van der Waals surface area contributed by atoms with Crippen molar-refractivity contribution in [1.82, 2.24) is 10.3 Å². The second-order valence-electron chi connectivity index (χ2n) is 6.37. The molecule has 0 radical (unpaired) electrons. The Morgan fingerprint density at radius 3 is 2.73 bits per heavy atom. The molecule has 6 nitrogen and oxygen atoms in total. The van der Waals surface area contributed by atoms with E-state index in [0.717, 1.165) is 48.7 Å². The van der Waals surface area contributed by atoms with Crippen LogP contribution in [0.1, 0.15) is 22.3 Å². The third-order valence-electron chi connectivity index (χ3n) is 4.36. The van der Waals surface area contributed by atoms with Gasteiger partial charge in [0, 0.05) is 38.1 Å². The Kier molecular flexibility index (Phi) is 6.44. The molecule has 1 amide bonds. The van der Waals surface area contributed by atoms with Crippen molar-refractivity contribution in [3.8, 4) is 0 Å². The van der Waals surface area contributed by atoms with Gasteiger partial charge >= 0.3 is 0 Å². The second-order valence-corrected chi connectivity index (χ2v) is 6.37. The lowest BCUT2D eigenvalue weighted by Crippen LogP contribution is -2.38. The number of pyridine rings is 1. The van der Waals surface area contributed by atoms with Gasteiger partial charge in [-0.1, -0.05) is 18.2 Å². The number of nitrogens with zero attached hydrogens (tertiary/aromatic N) is 2. The number of morpholine rings is 1. The lowest BCUT2D eigenvalue weighted by atomic mass is 10.1. The number of hydrogen-bond acceptors (Lipinski definition) is 5. The quantitative estimate of drug-likeness (QED) is 0.748. The van der Waals surface area contributed by atoms with Crippen LogP contribution in [0.4, 0.5) is 11.5 Å². The Hall–Kier alpha value is -2.60. The van der Waals surface area contributed by atoms with Gasteiger partial charge in [0.2, 0.25) is 0 Å². The number of rotatable bonds is 7. The molecule has 1 aromatic carbocycles. The summed E-state index contributed by atoms with van der Waals surface area (Å²) in [5.74, 6) is 0.833. The van der Waals surface area contributed by atoms with Gasteiger partial charge in [-0.2, -0.15) is 0 Å². The Labute approximate surface area is 154 Å². The van der Waals surface area contributed by atoms with Gasteiger partial charge in [0.25, 0.3) is 5.91 Å². The van der Waals surface area contributed by atoms with Gasteiger partial charge in [-0.05, 0) is 37.1 Å². The highest BCUT2D eigenvalue weighted by atomic mass is 16.5. The molecule has 6 heteroatoms. The first kappa shape index (κ1) is 18.2. The van der Waals surface area contributed by atoms with Crippen LogP contribution in [-0.4, -0.2) is 50.3 Å². The van der Waals surface area contributed by atoms with Crippen molar-refractivity contribution >= 4 is 17.4 Å². The first-order valence-electron chi connectivity index (χ1n) is 9.10. The summed E-state index contributed by atoms with van der Waals surface area (Å²) in [6.07, 6.45) is 2.67. The Morgan fingerprint density at radius 1 is 1.15 bits per heavy atom. The van der Waals surface area contributed by atoms with Crippen LogP contribution in [0.15, 0.2) is 42.6 Å². The van der Waals surface area contributed by atoms with E-state index in [9.17, 15) is 4.79 Å². The van der Waals surface area contributed by atoms with Crippen molar-refractivity contribution in [2.75, 3.05) is 49.6 Å². The third-order valence-corrected chi connectivity index (χ3v) is 4.36. The molecule has 1 aliphatic heterocycles. The zero-order chi connectivity index (χ0) is 18.2. The largest absolute Gasteiger partial charge is 0.378 e. The number of anilines is 2. The van der Waals surface area contributed by atoms with Crippen LogP contribution in [0, 0.1) is 6.92 Å². The van der Waals surface area contributed by atoms with Crippen molar-refractivity contribution < 1.29 is 9.53 Å². The SMILES string of the molecule is Cc1ccc(NCCCNC(=O)c2ccccc2N2CCOCC2)nc1. The first-order valence-corrected chi connectivity index (χ1v) is 9.10. The Balaban J connectivity index is 1.47. The summed E-state index contributed by atoms with van der Waals surface area (Å²) in [7, 11) is 0. The molecule has 2 heterocycles. The average Bonchev–Trinajstić information content (AvgIpc) is 2.69. The van der Waals surface area contributed by atoms with Gasteiger partial charge in [0.05, 0.1) is 18.8 Å². The predicted molar refractivity (Wildman–Crippen MR) is 104 cm³/mol. The fourth-order valence-corrected chi connectivity index (χ4v) is 2.92. The van der Waals surface area contributed by atoms with Crippen LogP contribution in [0.2, 0.25) is 0 Å². The molecule has 0 unspecified atom stereocenters. The van der Waals surface area contributed by atoms with Crippen LogP contribution in [-0.2, 0) is 4.74 Å². The number of hydrogen-bond donors (Lipinski definition) is 2. The lowest BCUT2D eigenvalue weighted by Gasteiger charge is -2.30. The van der Waals surface area contributed by atoms with Gasteiger partial charge in [-0.25, -0.2) is 4.98 Å². The summed E-state index contributed by atoms with van der Waals surface area (Å²) in [5.41, 5.74) is 2.85. The van der Waals surface area contributed by atoms with Gasteiger partial charge < -0.3 is 20.3 Å². The number of para-hydroxylation sites is 1. The topological polar surface area (TPSA) is 66.5 Å². The van der Waals surface area contributed by atoms with Crippen LogP contribution < -0.4 is 15.5 Å². The minimum atomic E-state index is -0.0273. The molecule has 2 N–H and O–H groups in total. The van der Waals surface area contributed by atoms with Crippen LogP contribution in [0.3, 0.4) is 0 Å². The van der Waals surface area contributed by atoms with Crippen molar-refractivity contribution in [2.24, 2.45) is 0 Å². The van der Waals surface area contributed by atoms with E-state index in [2.05, 4.69) is 20.5 Å². The molecule has 0 saturated carbocycles. The molecule has 26 heavy (non-hydrogen) atoms. The third kappa shape index (κ3) is 4.95. The van der Waals surface area contributed by atoms with Crippen molar-refractivity contribution in [3.05, 3.63) is 53.7 Å². The van der Waals surface area contributed by atoms with Crippen molar-refractivity contribution in [3.63, 3.8) is 0 Å². The molecule has 1 aromatic heterocycles. The van der Waals surface area contributed by atoms with Gasteiger partial charge in [-0.3, -0.25) is 4.79 Å². The van der Waals surface area contributed by atoms with Gasteiger partial charge in [0.1, 0.15) is 5.82 Å². The molecule has 2 aromatic rings. The maximum absolute atomic E-state index is 12.6. The van der Waals surface area contributed by atoms with Crippen molar-refractivity contribution in [1.29, 1.82) is 0 Å². The predicted octanol–water partition coefficient (Wildman–Crippen LogP) is 2.46. The normalized spacial score (nSPS) is 14.1. The van der Waals surface area contributed by atoms with E-state index in [1.807, 2.05) is 49.5 Å². The fraction of sp³-hybridized carbons (Fsp3) is 0.400. The zero-order valence-electron chi connectivity index (χ0n) is 15.2. The molecular formula is C20H26N4O2. The van der Waals surface area contributed by atoms with Crippen LogP contribution in [0.5, 0.6) is 0 Å². The van der Waals surface area contributed by atoms with Gasteiger partial charge in [-0.15, -0.1) is 0 Å². The highest BCUT2D eigenvalue weighted by molar-refractivity contribution is 5.99.